The van der Waals surface area contributed by atoms with Crippen molar-refractivity contribution in [1.82, 2.24) is 5.32 Å². The molecular formula is C24H19Cl4F3N2O3. The highest BCUT2D eigenvalue weighted by Crippen LogP contribution is 2.28. The van der Waals surface area contributed by atoms with Crippen LogP contribution in [0.2, 0.25) is 20.1 Å². The average Bonchev–Trinajstić information content (AvgIpc) is 2.79. The largest absolute Gasteiger partial charge is 0.542 e. The molecule has 0 spiro atoms. The monoisotopic (exact) mass is 580 g/mol. The van der Waals surface area contributed by atoms with Gasteiger partial charge < -0.3 is 15.2 Å². The smallest absolute Gasteiger partial charge is 0.430 e. The van der Waals surface area contributed by atoms with Gasteiger partial charge in [-0.3, -0.25) is 4.79 Å². The third-order valence-corrected chi connectivity index (χ3v) is 6.09. The Balaban J connectivity index is 0.000000572. The third kappa shape index (κ3) is 8.85. The summed E-state index contributed by atoms with van der Waals surface area (Å²) in [7, 11) is 0. The minimum absolute atomic E-state index is 0.00483. The van der Waals surface area contributed by atoms with Crippen molar-refractivity contribution in [3.8, 4) is 0 Å². The highest BCUT2D eigenvalue weighted by Gasteiger charge is 2.29. The molecule has 3 aromatic rings. The van der Waals surface area contributed by atoms with Gasteiger partial charge in [0.25, 0.3) is 5.91 Å². The number of benzene rings is 2. The second kappa shape index (κ2) is 13.1. The van der Waals surface area contributed by atoms with Crippen molar-refractivity contribution < 1.29 is 32.9 Å². The average molecular weight is 582 g/mol. The third-order valence-electron chi connectivity index (χ3n) is 4.99. The van der Waals surface area contributed by atoms with Gasteiger partial charge in [0.1, 0.15) is 16.0 Å². The maximum Gasteiger partial charge on any atom is 0.430 e. The number of aromatic nitrogens is 1. The first-order valence-electron chi connectivity index (χ1n) is 10.2. The van der Waals surface area contributed by atoms with E-state index in [1.807, 2.05) is 55.5 Å². The summed E-state index contributed by atoms with van der Waals surface area (Å²) in [6.45, 7) is 1.96. The van der Waals surface area contributed by atoms with Gasteiger partial charge in [-0.25, -0.2) is 4.98 Å². The highest BCUT2D eigenvalue weighted by atomic mass is 35.5. The van der Waals surface area contributed by atoms with Crippen LogP contribution in [0.4, 0.5) is 13.2 Å². The van der Waals surface area contributed by atoms with E-state index in [0.717, 1.165) is 11.1 Å². The van der Waals surface area contributed by atoms with Crippen LogP contribution in [-0.2, 0) is 11.2 Å². The zero-order valence-corrected chi connectivity index (χ0v) is 21.5. The summed E-state index contributed by atoms with van der Waals surface area (Å²) in [5.74, 6) is -3.32. The summed E-state index contributed by atoms with van der Waals surface area (Å²) in [4.78, 5) is 24.4. The van der Waals surface area contributed by atoms with Crippen molar-refractivity contribution in [3.63, 3.8) is 0 Å². The molecule has 2 aromatic carbocycles. The van der Waals surface area contributed by atoms with Crippen LogP contribution in [0.15, 0.2) is 60.9 Å². The van der Waals surface area contributed by atoms with E-state index in [1.54, 1.807) is 0 Å². The number of amides is 1. The van der Waals surface area contributed by atoms with Crippen LogP contribution in [0, 0.1) is 0 Å². The molecule has 0 aliphatic carbocycles. The van der Waals surface area contributed by atoms with E-state index in [0.29, 0.717) is 16.5 Å². The zero-order valence-electron chi connectivity index (χ0n) is 18.5. The Labute approximate surface area is 225 Å². The molecule has 0 saturated heterocycles. The van der Waals surface area contributed by atoms with Crippen molar-refractivity contribution in [2.24, 2.45) is 0 Å². The molecule has 36 heavy (non-hydrogen) atoms. The molecule has 1 amide bonds. The molecule has 0 aliphatic rings. The topological polar surface area (TPSA) is 83.4 Å². The molecule has 0 saturated carbocycles. The van der Waals surface area contributed by atoms with Crippen LogP contribution in [0.25, 0.3) is 0 Å². The molecule has 0 radical (unpaired) electrons. The molecule has 3 rings (SSSR count). The van der Waals surface area contributed by atoms with Gasteiger partial charge in [0.15, 0.2) is 12.4 Å². The number of carbonyl (C=O) groups excluding carboxylic acids is 2. The fraction of sp³-hybridized carbons (Fsp3) is 0.208. The normalized spacial score (nSPS) is 12.7. The number of carboxylic acids is 1. The molecule has 0 fully saturated rings. The van der Waals surface area contributed by atoms with E-state index >= 15 is 0 Å². The quantitative estimate of drug-likeness (QED) is 0.414. The first-order chi connectivity index (χ1) is 16.8. The Bertz CT molecular complexity index is 1170. The second-order valence-electron chi connectivity index (χ2n) is 7.56. The molecule has 12 heteroatoms. The lowest BCUT2D eigenvalue weighted by Crippen LogP contribution is -2.38. The lowest BCUT2D eigenvalue weighted by molar-refractivity contribution is -0.377. The van der Waals surface area contributed by atoms with Gasteiger partial charge in [0.2, 0.25) is 0 Å². The van der Waals surface area contributed by atoms with Crippen molar-refractivity contribution >= 4 is 58.3 Å². The van der Waals surface area contributed by atoms with Crippen molar-refractivity contribution in [3.05, 3.63) is 97.7 Å². The molecule has 1 heterocycles. The van der Waals surface area contributed by atoms with Crippen molar-refractivity contribution in [2.45, 2.75) is 31.5 Å². The van der Waals surface area contributed by atoms with Crippen LogP contribution in [0.3, 0.4) is 0 Å². The van der Waals surface area contributed by atoms with Crippen molar-refractivity contribution in [1.29, 1.82) is 0 Å². The number of nitrogens with one attached hydrogen (secondary N) is 2. The van der Waals surface area contributed by atoms with Crippen LogP contribution in [0.1, 0.15) is 34.3 Å². The summed E-state index contributed by atoms with van der Waals surface area (Å²) in [6, 6.07) is 15.1. The van der Waals surface area contributed by atoms with E-state index < -0.39 is 12.1 Å². The number of H-pyrrole nitrogens is 1. The maximum atomic E-state index is 12.9. The van der Waals surface area contributed by atoms with Crippen LogP contribution >= 0.6 is 46.4 Å². The molecule has 2 atom stereocenters. The summed E-state index contributed by atoms with van der Waals surface area (Å²) in [6.07, 6.45) is -1.43. The number of halogens is 7. The number of carbonyl (C=O) groups is 2. The lowest BCUT2D eigenvalue weighted by Gasteiger charge is -2.26. The molecule has 5 nitrogen and oxygen atoms in total. The standard InChI is InChI=1S/C22H18Cl4N2O.C2HF3O2/c1-13(28-22(29)21-19(25)11-27-12-20(21)26)18(15-4-8-17(24)9-5-15)10-14-2-6-16(23)7-3-14;3-2(4,5)1(6)7/h2-9,11-13,18H,10H2,1H3,(H,28,29);(H,6,7)/t13-,18+;/m1./s1. The number of aliphatic carboxylic acids is 1. The Kier molecular flexibility index (Phi) is 10.8. The Hall–Kier alpha value is -2.52. The molecule has 192 valence electrons. The summed E-state index contributed by atoms with van der Waals surface area (Å²) >= 11 is 24.4. The number of rotatable bonds is 6. The van der Waals surface area contributed by atoms with E-state index in [1.165, 1.54) is 12.4 Å². The van der Waals surface area contributed by atoms with E-state index in [4.69, 9.17) is 56.3 Å². The zero-order chi connectivity index (χ0) is 27.0. The van der Waals surface area contributed by atoms with Crippen LogP contribution in [0.5, 0.6) is 0 Å². The molecule has 0 bridgehead atoms. The fourth-order valence-electron chi connectivity index (χ4n) is 3.21. The van der Waals surface area contributed by atoms with E-state index in [2.05, 4.69) is 10.3 Å². The fourth-order valence-corrected chi connectivity index (χ4v) is 4.01. The number of alkyl halides is 3. The summed E-state index contributed by atoms with van der Waals surface area (Å²) in [5.41, 5.74) is 2.43. The number of carboxylic acid groups (broad SMARTS) is 1. The van der Waals surface area contributed by atoms with Crippen LogP contribution < -0.4 is 15.4 Å². The number of pyridine rings is 1. The van der Waals surface area contributed by atoms with Gasteiger partial charge in [0.05, 0.1) is 5.56 Å². The van der Waals surface area contributed by atoms with Gasteiger partial charge >= 0.3 is 6.18 Å². The number of aromatic amines is 1. The van der Waals surface area contributed by atoms with E-state index in [9.17, 15) is 18.0 Å². The van der Waals surface area contributed by atoms with Gasteiger partial charge in [-0.1, -0.05) is 70.7 Å². The molecular weight excluding hydrogens is 563 g/mol. The first-order valence-corrected chi connectivity index (χ1v) is 11.7. The lowest BCUT2D eigenvalue weighted by atomic mass is 9.86. The Morgan fingerprint density at radius 3 is 1.81 bits per heavy atom. The highest BCUT2D eigenvalue weighted by molar-refractivity contribution is 6.39. The second-order valence-corrected chi connectivity index (χ2v) is 9.25. The van der Waals surface area contributed by atoms with Gasteiger partial charge in [-0.2, -0.15) is 13.2 Å². The Morgan fingerprint density at radius 2 is 1.36 bits per heavy atom. The summed E-state index contributed by atoms with van der Waals surface area (Å²) < 4.78 is 31.5. The molecule has 0 aliphatic heterocycles. The minimum atomic E-state index is -5.19. The Morgan fingerprint density at radius 1 is 0.917 bits per heavy atom. The number of hydrogen-bond acceptors (Lipinski definition) is 3. The van der Waals surface area contributed by atoms with Gasteiger partial charge in [-0.05, 0) is 48.7 Å². The molecule has 1 aromatic heterocycles. The maximum absolute atomic E-state index is 12.9. The predicted octanol–water partition coefficient (Wildman–Crippen LogP) is 5.56. The minimum Gasteiger partial charge on any atom is -0.542 e. The molecule has 2 N–H and O–H groups in total. The summed E-state index contributed by atoms with van der Waals surface area (Å²) in [5, 5.41) is 13.7. The first kappa shape index (κ1) is 29.7. The molecule has 0 unspecified atom stereocenters. The number of hydrogen-bond donors (Lipinski definition) is 1. The van der Waals surface area contributed by atoms with E-state index in [-0.39, 0.29) is 33.5 Å². The van der Waals surface area contributed by atoms with Crippen molar-refractivity contribution in [2.75, 3.05) is 0 Å². The van der Waals surface area contributed by atoms with Gasteiger partial charge in [0, 0.05) is 22.0 Å². The SMILES string of the molecule is C[C@@H](NC(=O)c1c(Cl)c[nH+]cc1Cl)[C@H](Cc1ccc(Cl)cc1)c1ccc(Cl)cc1.O=C([O-])C(F)(F)F. The van der Waals surface area contributed by atoms with Crippen LogP contribution in [-0.4, -0.2) is 24.1 Å². The predicted molar refractivity (Wildman–Crippen MR) is 130 cm³/mol. The van der Waals surface area contributed by atoms with Gasteiger partial charge in [-0.15, -0.1) is 0 Å².